The molecule has 15 heteroatoms. The van der Waals surface area contributed by atoms with Crippen molar-refractivity contribution in [1.29, 1.82) is 5.26 Å². The van der Waals surface area contributed by atoms with Crippen molar-refractivity contribution in [1.82, 2.24) is 15.1 Å². The summed E-state index contributed by atoms with van der Waals surface area (Å²) in [6, 6.07) is 13.2. The topological polar surface area (TPSA) is 180 Å². The molecule has 43 heavy (non-hydrogen) atoms. The third-order valence-electron chi connectivity index (χ3n) is 6.43. The lowest BCUT2D eigenvalue weighted by molar-refractivity contribution is -0.286. The maximum atomic E-state index is 13.5. The Labute approximate surface area is 241 Å². The highest BCUT2D eigenvalue weighted by atomic mass is 19.3. The van der Waals surface area contributed by atoms with Crippen LogP contribution in [0.1, 0.15) is 23.0 Å². The summed E-state index contributed by atoms with van der Waals surface area (Å²) in [4.78, 5) is 40.8. The molecule has 2 amide bonds. The lowest BCUT2D eigenvalue weighted by atomic mass is 10.1. The van der Waals surface area contributed by atoms with Crippen LogP contribution in [-0.2, 0) is 11.3 Å². The van der Waals surface area contributed by atoms with E-state index in [9.17, 15) is 33.5 Å². The van der Waals surface area contributed by atoms with Gasteiger partial charge in [0.05, 0.1) is 29.7 Å². The molecule has 222 valence electrons. The van der Waals surface area contributed by atoms with E-state index in [1.54, 1.807) is 25.1 Å². The molecule has 13 nitrogen and oxygen atoms in total. The summed E-state index contributed by atoms with van der Waals surface area (Å²) in [7, 11) is 0. The van der Waals surface area contributed by atoms with Crippen LogP contribution in [0, 0.1) is 11.3 Å². The van der Waals surface area contributed by atoms with Crippen molar-refractivity contribution in [2.24, 2.45) is 0 Å². The number of ether oxygens (including phenoxy) is 2. The fraction of sp³-hybridized carbons (Fsp3) is 0.250. The van der Waals surface area contributed by atoms with E-state index in [0.717, 1.165) is 10.7 Å². The molecule has 3 N–H and O–H groups in total. The Hall–Kier alpha value is -5.33. The summed E-state index contributed by atoms with van der Waals surface area (Å²) in [6.45, 7) is 0.275. The van der Waals surface area contributed by atoms with Gasteiger partial charge in [-0.25, -0.2) is 4.68 Å². The van der Waals surface area contributed by atoms with Gasteiger partial charge in [-0.05, 0) is 31.2 Å². The minimum Gasteiger partial charge on any atom is -0.448 e. The zero-order valence-corrected chi connectivity index (χ0v) is 22.4. The number of carbonyl (C=O) groups excluding carboxylic acids is 2. The third-order valence-corrected chi connectivity index (χ3v) is 6.43. The number of hydrogen-bond donors (Lipinski definition) is 3. The number of carbonyl (C=O) groups is 2. The van der Waals surface area contributed by atoms with Crippen LogP contribution >= 0.6 is 0 Å². The molecule has 5 rings (SSSR count). The standard InChI is InChI=1S/C28H23F2N5O8/c1-2-34(17-6-7-20-21(9-17)43-28(29,30)42-20)23(38)13-35-27(40)19-10-22(26(39)32-12-18(37)14-36)41-25(19)24(33-35)16-5-3-4-15(8-16)11-31/h3-10,18,36-37H,2,12-14H2,1H3,(H,32,39)/t18-/m1/s1. The lowest BCUT2D eigenvalue weighted by Gasteiger charge is -2.21. The maximum absolute atomic E-state index is 13.5. The van der Waals surface area contributed by atoms with Crippen molar-refractivity contribution < 1.29 is 42.5 Å². The molecule has 0 unspecified atom stereocenters. The minimum atomic E-state index is -3.84. The van der Waals surface area contributed by atoms with Crippen molar-refractivity contribution in [3.63, 3.8) is 0 Å². The molecule has 4 aromatic rings. The van der Waals surface area contributed by atoms with Gasteiger partial charge in [0.25, 0.3) is 11.5 Å². The van der Waals surface area contributed by atoms with Gasteiger partial charge in [-0.2, -0.15) is 10.4 Å². The van der Waals surface area contributed by atoms with Crippen LogP contribution in [-0.4, -0.2) is 63.9 Å². The highest BCUT2D eigenvalue weighted by Gasteiger charge is 2.43. The van der Waals surface area contributed by atoms with E-state index in [1.165, 1.54) is 29.2 Å². The van der Waals surface area contributed by atoms with E-state index in [2.05, 4.69) is 19.9 Å². The van der Waals surface area contributed by atoms with E-state index < -0.39 is 42.9 Å². The first-order valence-corrected chi connectivity index (χ1v) is 12.9. The molecule has 0 fully saturated rings. The fourth-order valence-electron chi connectivity index (χ4n) is 4.40. The zero-order chi connectivity index (χ0) is 30.9. The van der Waals surface area contributed by atoms with Crippen LogP contribution in [0.15, 0.2) is 57.7 Å². The number of nitrogens with one attached hydrogen (secondary N) is 1. The smallest absolute Gasteiger partial charge is 0.448 e. The Morgan fingerprint density at radius 3 is 2.67 bits per heavy atom. The minimum absolute atomic E-state index is 0.0577. The largest absolute Gasteiger partial charge is 0.586 e. The number of nitriles is 1. The molecule has 0 spiro atoms. The molecule has 1 aliphatic rings. The average molecular weight is 596 g/mol. The first-order chi connectivity index (χ1) is 20.5. The van der Waals surface area contributed by atoms with E-state index in [1.807, 2.05) is 6.07 Å². The lowest BCUT2D eigenvalue weighted by Crippen LogP contribution is -2.37. The predicted octanol–water partition coefficient (Wildman–Crippen LogP) is 1.99. The Morgan fingerprint density at radius 1 is 1.19 bits per heavy atom. The summed E-state index contributed by atoms with van der Waals surface area (Å²) < 4.78 is 42.5. The second-order valence-corrected chi connectivity index (χ2v) is 9.34. The van der Waals surface area contributed by atoms with Crippen LogP contribution in [0.25, 0.3) is 22.2 Å². The normalized spacial score (nSPS) is 13.9. The molecule has 1 atom stereocenters. The van der Waals surface area contributed by atoms with Gasteiger partial charge >= 0.3 is 6.29 Å². The number of halogens is 2. The molecule has 3 heterocycles. The molecule has 0 saturated carbocycles. The number of aliphatic hydroxyl groups is 2. The van der Waals surface area contributed by atoms with Crippen molar-refractivity contribution in [2.75, 3.05) is 24.6 Å². The average Bonchev–Trinajstić information content (AvgIpc) is 3.57. The number of amides is 2. The molecule has 2 aromatic heterocycles. The molecule has 0 bridgehead atoms. The monoisotopic (exact) mass is 595 g/mol. The first kappa shape index (κ1) is 29.2. The number of rotatable bonds is 9. The first-order valence-electron chi connectivity index (χ1n) is 12.9. The van der Waals surface area contributed by atoms with Crippen molar-refractivity contribution in [3.8, 4) is 28.8 Å². The van der Waals surface area contributed by atoms with Gasteiger partial charge in [0.15, 0.2) is 22.8 Å². The molecule has 0 saturated heterocycles. The second-order valence-electron chi connectivity index (χ2n) is 9.34. The number of fused-ring (bicyclic) bond motifs is 2. The number of aromatic nitrogens is 2. The zero-order valence-electron chi connectivity index (χ0n) is 22.4. The van der Waals surface area contributed by atoms with Crippen LogP contribution in [0.4, 0.5) is 14.5 Å². The van der Waals surface area contributed by atoms with Gasteiger partial charge in [-0.1, -0.05) is 12.1 Å². The van der Waals surface area contributed by atoms with Gasteiger partial charge in [0.2, 0.25) is 5.91 Å². The van der Waals surface area contributed by atoms with Gasteiger partial charge in [-0.3, -0.25) is 14.4 Å². The quantitative estimate of drug-likeness (QED) is 0.259. The Balaban J connectivity index is 1.53. The molecule has 1 aliphatic heterocycles. The van der Waals surface area contributed by atoms with Gasteiger partial charge in [0, 0.05) is 36.5 Å². The number of anilines is 1. The van der Waals surface area contributed by atoms with Crippen molar-refractivity contribution in [3.05, 3.63) is 70.2 Å². The summed E-state index contributed by atoms with van der Waals surface area (Å²) in [5.74, 6) is -2.17. The van der Waals surface area contributed by atoms with E-state index in [-0.39, 0.29) is 58.3 Å². The maximum Gasteiger partial charge on any atom is 0.586 e. The second kappa shape index (κ2) is 11.5. The molecule has 0 aliphatic carbocycles. The highest BCUT2D eigenvalue weighted by molar-refractivity contribution is 5.99. The number of aliphatic hydroxyl groups excluding tert-OH is 2. The van der Waals surface area contributed by atoms with Gasteiger partial charge < -0.3 is 34.3 Å². The van der Waals surface area contributed by atoms with Gasteiger partial charge in [-0.15, -0.1) is 8.78 Å². The van der Waals surface area contributed by atoms with E-state index in [4.69, 9.17) is 9.52 Å². The number of hydrogen-bond acceptors (Lipinski definition) is 10. The Kier molecular flexibility index (Phi) is 7.81. The Morgan fingerprint density at radius 2 is 1.95 bits per heavy atom. The summed E-state index contributed by atoms with van der Waals surface area (Å²) in [5, 5.41) is 34.5. The SMILES string of the molecule is CCN(C(=O)Cn1nc(-c2cccc(C#N)c2)c2oc(C(=O)NC[C@@H](O)CO)cc2c1=O)c1ccc2c(c1)OC(F)(F)O2. The molecular formula is C28H23F2N5O8. The Bertz CT molecular complexity index is 1830. The number of benzene rings is 2. The van der Waals surface area contributed by atoms with Crippen molar-refractivity contribution in [2.45, 2.75) is 25.9 Å². The highest BCUT2D eigenvalue weighted by Crippen LogP contribution is 2.43. The fourth-order valence-corrected chi connectivity index (χ4v) is 4.40. The number of likely N-dealkylation sites (N-methyl/N-ethyl adjacent to an activating group) is 1. The molecular weight excluding hydrogens is 572 g/mol. The van der Waals surface area contributed by atoms with E-state index >= 15 is 0 Å². The van der Waals surface area contributed by atoms with Crippen LogP contribution in [0.3, 0.4) is 0 Å². The summed E-state index contributed by atoms with van der Waals surface area (Å²) in [5.41, 5.74) is 0.0303. The molecule has 0 radical (unpaired) electrons. The van der Waals surface area contributed by atoms with E-state index in [0.29, 0.717) is 5.56 Å². The van der Waals surface area contributed by atoms with Crippen LogP contribution in [0.2, 0.25) is 0 Å². The number of furan rings is 1. The number of nitrogens with zero attached hydrogens (tertiary/aromatic N) is 4. The third kappa shape index (κ3) is 5.87. The number of alkyl halides is 2. The molecule has 2 aromatic carbocycles. The van der Waals surface area contributed by atoms with Gasteiger partial charge in [0.1, 0.15) is 12.2 Å². The summed E-state index contributed by atoms with van der Waals surface area (Å²) in [6.07, 6.45) is -5.06. The predicted molar refractivity (Wildman–Crippen MR) is 145 cm³/mol. The van der Waals surface area contributed by atoms with Crippen molar-refractivity contribution >= 4 is 28.5 Å². The van der Waals surface area contributed by atoms with Crippen LogP contribution < -0.4 is 25.2 Å². The summed E-state index contributed by atoms with van der Waals surface area (Å²) >= 11 is 0. The van der Waals surface area contributed by atoms with Crippen LogP contribution in [0.5, 0.6) is 11.5 Å².